The second-order valence-corrected chi connectivity index (χ2v) is 14.5. The SMILES string of the molecule is c1ccc(-n2c3ccccc3c3cc(-n4c5ccccc5c5c(-c6cccc7c6c6ccccc6n7-c6cccc7ccccc67)cccc54)ccc32)cc1. The van der Waals surface area contributed by atoms with Gasteiger partial charge in [-0.2, -0.15) is 0 Å². The molecule has 3 heteroatoms. The summed E-state index contributed by atoms with van der Waals surface area (Å²) in [7, 11) is 0. The van der Waals surface area contributed by atoms with Gasteiger partial charge in [0.1, 0.15) is 0 Å². The third-order valence-electron chi connectivity index (χ3n) is 11.6. The Morgan fingerprint density at radius 1 is 0.255 bits per heavy atom. The largest absolute Gasteiger partial charge is 0.309 e. The Hall–Kier alpha value is -7.36. The molecule has 12 rings (SSSR count). The molecule has 3 aromatic heterocycles. The van der Waals surface area contributed by atoms with Crippen LogP contribution in [0.3, 0.4) is 0 Å². The molecule has 0 saturated heterocycles. The van der Waals surface area contributed by atoms with Crippen LogP contribution in [0.1, 0.15) is 0 Å². The van der Waals surface area contributed by atoms with Crippen LogP contribution < -0.4 is 0 Å². The molecule has 3 heterocycles. The van der Waals surface area contributed by atoms with E-state index >= 15 is 0 Å². The lowest BCUT2D eigenvalue weighted by Crippen LogP contribution is -1.96. The summed E-state index contributed by atoms with van der Waals surface area (Å²) >= 11 is 0. The number of para-hydroxylation sites is 4. The lowest BCUT2D eigenvalue weighted by Gasteiger charge is -2.12. The molecule has 0 bridgehead atoms. The Bertz CT molecular complexity index is 3480. The molecule has 0 amide bonds. The molecule has 12 aromatic rings. The maximum Gasteiger partial charge on any atom is 0.0547 e. The fraction of sp³-hybridized carbons (Fsp3) is 0. The fourth-order valence-electron chi connectivity index (χ4n) is 9.38. The van der Waals surface area contributed by atoms with Gasteiger partial charge in [-0.05, 0) is 83.2 Å². The normalized spacial score (nSPS) is 12.0. The van der Waals surface area contributed by atoms with E-state index in [0.29, 0.717) is 0 Å². The maximum absolute atomic E-state index is 2.46. The van der Waals surface area contributed by atoms with Crippen molar-refractivity contribution in [2.45, 2.75) is 0 Å². The van der Waals surface area contributed by atoms with Crippen molar-refractivity contribution in [3.05, 3.63) is 200 Å². The zero-order valence-electron chi connectivity index (χ0n) is 29.9. The Kier molecular flexibility index (Phi) is 6.34. The van der Waals surface area contributed by atoms with Gasteiger partial charge in [0, 0.05) is 49.1 Å². The maximum atomic E-state index is 2.46. The van der Waals surface area contributed by atoms with E-state index in [9.17, 15) is 0 Å². The van der Waals surface area contributed by atoms with Crippen LogP contribution in [0.25, 0.3) is 104 Å². The van der Waals surface area contributed by atoms with Gasteiger partial charge in [0.15, 0.2) is 0 Å². The number of rotatable bonds is 4. The summed E-state index contributed by atoms with van der Waals surface area (Å²) in [6.45, 7) is 0. The fourth-order valence-corrected chi connectivity index (χ4v) is 9.38. The second kappa shape index (κ2) is 11.6. The molecule has 55 heavy (non-hydrogen) atoms. The number of aromatic nitrogens is 3. The molecule has 0 unspecified atom stereocenters. The smallest absolute Gasteiger partial charge is 0.0547 e. The number of hydrogen-bond acceptors (Lipinski definition) is 0. The topological polar surface area (TPSA) is 14.8 Å². The molecule has 3 nitrogen and oxygen atoms in total. The molecule has 0 aliphatic rings. The van der Waals surface area contributed by atoms with E-state index in [-0.39, 0.29) is 0 Å². The first-order chi connectivity index (χ1) is 27.3. The Morgan fingerprint density at radius 3 is 1.44 bits per heavy atom. The number of hydrogen-bond donors (Lipinski definition) is 0. The van der Waals surface area contributed by atoms with Crippen molar-refractivity contribution < 1.29 is 0 Å². The van der Waals surface area contributed by atoms with Gasteiger partial charge in [0.25, 0.3) is 0 Å². The van der Waals surface area contributed by atoms with Crippen molar-refractivity contribution in [1.29, 1.82) is 0 Å². The molecule has 9 aromatic carbocycles. The average Bonchev–Trinajstić information content (AvgIpc) is 3.89. The minimum atomic E-state index is 1.15. The highest BCUT2D eigenvalue weighted by molar-refractivity contribution is 6.22. The van der Waals surface area contributed by atoms with E-state index in [4.69, 9.17) is 0 Å². The standard InChI is InChI=1S/C52H33N3/c1-2-17-35(18-3-1)53-45-25-9-6-20-38(45)43-33-36(31-32-48(43)53)54-46-26-10-7-21-41(46)51-39(23-13-29-49(51)54)40-24-14-30-50-52(40)42-22-8-11-27-47(42)55(50)44-28-12-16-34-15-4-5-19-37(34)44/h1-33H. The predicted octanol–water partition coefficient (Wildman–Crippen LogP) is 13.8. The van der Waals surface area contributed by atoms with Gasteiger partial charge >= 0.3 is 0 Å². The Labute approximate surface area is 317 Å². The summed E-state index contributed by atoms with van der Waals surface area (Å²) in [5.74, 6) is 0. The van der Waals surface area contributed by atoms with Crippen LogP contribution in [-0.2, 0) is 0 Å². The summed E-state index contributed by atoms with van der Waals surface area (Å²) < 4.78 is 7.30. The van der Waals surface area contributed by atoms with Gasteiger partial charge < -0.3 is 13.7 Å². The first-order valence-corrected chi connectivity index (χ1v) is 19.0. The average molecular weight is 700 g/mol. The van der Waals surface area contributed by atoms with E-state index in [1.165, 1.54) is 98.7 Å². The van der Waals surface area contributed by atoms with Gasteiger partial charge in [0.05, 0.1) is 38.8 Å². The third kappa shape index (κ3) is 4.26. The monoisotopic (exact) mass is 699 g/mol. The summed E-state index contributed by atoms with van der Waals surface area (Å²) in [6, 6.07) is 73.2. The summed E-state index contributed by atoms with van der Waals surface area (Å²) in [5, 5.41) is 10.0. The van der Waals surface area contributed by atoms with Gasteiger partial charge in [-0.1, -0.05) is 133 Å². The van der Waals surface area contributed by atoms with Crippen LogP contribution in [-0.4, -0.2) is 13.7 Å². The van der Waals surface area contributed by atoms with E-state index < -0.39 is 0 Å². The van der Waals surface area contributed by atoms with Crippen LogP contribution in [0.2, 0.25) is 0 Å². The van der Waals surface area contributed by atoms with Crippen LogP contribution in [0, 0.1) is 0 Å². The molecule has 0 spiro atoms. The lowest BCUT2D eigenvalue weighted by molar-refractivity contribution is 1.17. The first-order valence-electron chi connectivity index (χ1n) is 19.0. The van der Waals surface area contributed by atoms with E-state index in [2.05, 4.69) is 214 Å². The number of nitrogens with zero attached hydrogens (tertiary/aromatic N) is 3. The lowest BCUT2D eigenvalue weighted by atomic mass is 9.95. The molecule has 0 N–H and O–H groups in total. The first kappa shape index (κ1) is 30.1. The zero-order valence-corrected chi connectivity index (χ0v) is 29.9. The van der Waals surface area contributed by atoms with E-state index in [1.807, 2.05) is 0 Å². The minimum absolute atomic E-state index is 1.15. The van der Waals surface area contributed by atoms with Gasteiger partial charge in [0.2, 0.25) is 0 Å². The van der Waals surface area contributed by atoms with Crippen molar-refractivity contribution in [1.82, 2.24) is 13.7 Å². The van der Waals surface area contributed by atoms with E-state index in [1.54, 1.807) is 0 Å². The molecular formula is C52H33N3. The number of benzene rings is 9. The summed E-state index contributed by atoms with van der Waals surface area (Å²) in [4.78, 5) is 0. The van der Waals surface area contributed by atoms with Crippen molar-refractivity contribution in [3.63, 3.8) is 0 Å². The zero-order chi connectivity index (χ0) is 36.0. The summed E-state index contributed by atoms with van der Waals surface area (Å²) in [5.41, 5.74) is 13.2. The predicted molar refractivity (Wildman–Crippen MR) is 232 cm³/mol. The highest BCUT2D eigenvalue weighted by Crippen LogP contribution is 2.45. The molecule has 256 valence electrons. The van der Waals surface area contributed by atoms with Crippen LogP contribution in [0.4, 0.5) is 0 Å². The molecule has 0 saturated carbocycles. The summed E-state index contributed by atoms with van der Waals surface area (Å²) in [6.07, 6.45) is 0. The van der Waals surface area contributed by atoms with Crippen molar-refractivity contribution in [2.75, 3.05) is 0 Å². The van der Waals surface area contributed by atoms with Crippen LogP contribution in [0.15, 0.2) is 200 Å². The van der Waals surface area contributed by atoms with Crippen LogP contribution >= 0.6 is 0 Å². The Balaban J connectivity index is 1.14. The molecule has 0 fully saturated rings. The Morgan fingerprint density at radius 2 is 0.727 bits per heavy atom. The highest BCUT2D eigenvalue weighted by Gasteiger charge is 2.22. The van der Waals surface area contributed by atoms with Crippen molar-refractivity contribution in [2.24, 2.45) is 0 Å². The molecular weight excluding hydrogens is 667 g/mol. The van der Waals surface area contributed by atoms with Gasteiger partial charge in [-0.3, -0.25) is 0 Å². The molecule has 0 aliphatic heterocycles. The quantitative estimate of drug-likeness (QED) is 0.174. The van der Waals surface area contributed by atoms with Crippen molar-refractivity contribution in [3.8, 4) is 28.2 Å². The molecule has 0 atom stereocenters. The molecule has 0 radical (unpaired) electrons. The van der Waals surface area contributed by atoms with Gasteiger partial charge in [-0.15, -0.1) is 0 Å². The van der Waals surface area contributed by atoms with Gasteiger partial charge in [-0.25, -0.2) is 0 Å². The second-order valence-electron chi connectivity index (χ2n) is 14.5. The van der Waals surface area contributed by atoms with Crippen molar-refractivity contribution >= 4 is 76.2 Å². The van der Waals surface area contributed by atoms with Crippen LogP contribution in [0.5, 0.6) is 0 Å². The highest BCUT2D eigenvalue weighted by atomic mass is 15.0. The molecule has 0 aliphatic carbocycles. The third-order valence-corrected chi connectivity index (χ3v) is 11.6. The minimum Gasteiger partial charge on any atom is -0.309 e. The number of fused-ring (bicyclic) bond motifs is 10. The van der Waals surface area contributed by atoms with E-state index in [0.717, 1.165) is 5.69 Å².